The highest BCUT2D eigenvalue weighted by molar-refractivity contribution is 6.31. The van der Waals surface area contributed by atoms with Gasteiger partial charge in [0, 0.05) is 17.7 Å². The Balaban J connectivity index is 1.38. The van der Waals surface area contributed by atoms with Crippen LogP contribution in [0.25, 0.3) is 17.5 Å². The van der Waals surface area contributed by atoms with E-state index in [1.807, 2.05) is 37.3 Å². The number of nitrogens with zero attached hydrogens (tertiary/aromatic N) is 4. The van der Waals surface area contributed by atoms with Gasteiger partial charge in [0.2, 0.25) is 5.82 Å². The van der Waals surface area contributed by atoms with Crippen LogP contribution in [0.1, 0.15) is 22.7 Å². The number of ether oxygens (including phenoxy) is 3. The zero-order valence-electron chi connectivity index (χ0n) is 19.4. The predicted molar refractivity (Wildman–Crippen MR) is 129 cm³/mol. The van der Waals surface area contributed by atoms with Crippen molar-refractivity contribution in [2.45, 2.75) is 20.1 Å². The third-order valence-electron chi connectivity index (χ3n) is 5.13. The van der Waals surface area contributed by atoms with Gasteiger partial charge >= 0.3 is 5.97 Å². The monoisotopic (exact) mass is 494 g/mol. The average Bonchev–Trinajstić information content (AvgIpc) is 3.45. The summed E-state index contributed by atoms with van der Waals surface area (Å²) in [5.41, 5.74) is 3.03. The number of hydrogen-bond acceptors (Lipinski definition) is 8. The van der Waals surface area contributed by atoms with Crippen LogP contribution in [0.4, 0.5) is 0 Å². The van der Waals surface area contributed by atoms with Gasteiger partial charge in [-0.1, -0.05) is 47.1 Å². The van der Waals surface area contributed by atoms with E-state index in [0.29, 0.717) is 45.8 Å². The van der Waals surface area contributed by atoms with E-state index < -0.39 is 5.97 Å². The molecule has 0 amide bonds. The zero-order valence-corrected chi connectivity index (χ0v) is 20.2. The van der Waals surface area contributed by atoms with Gasteiger partial charge in [-0.2, -0.15) is 10.1 Å². The fraction of sp³-hybridized carbons (Fsp3) is 0.200. The summed E-state index contributed by atoms with van der Waals surface area (Å²) in [5.74, 6) is 1.02. The van der Waals surface area contributed by atoms with Crippen molar-refractivity contribution in [1.29, 1.82) is 0 Å². The number of carbonyl (C=O) groups is 1. The molecule has 35 heavy (non-hydrogen) atoms. The van der Waals surface area contributed by atoms with Crippen molar-refractivity contribution in [2.24, 2.45) is 0 Å². The first-order valence-corrected chi connectivity index (χ1v) is 11.0. The number of halogens is 1. The number of methoxy groups -OCH3 is 2. The quantitative estimate of drug-likeness (QED) is 0.243. The van der Waals surface area contributed by atoms with Gasteiger partial charge in [-0.05, 0) is 30.7 Å². The lowest BCUT2D eigenvalue weighted by Crippen LogP contribution is -2.02. The van der Waals surface area contributed by atoms with Crippen LogP contribution in [0.15, 0.2) is 59.1 Å². The normalized spacial score (nSPS) is 11.1. The molecule has 0 aliphatic rings. The van der Waals surface area contributed by atoms with Gasteiger partial charge in [0.15, 0.2) is 6.61 Å². The first kappa shape index (κ1) is 24.0. The SMILES string of the molecule is COc1ccc(-c2noc(COC(=O)/C=C/c3c(C)nn(Cc4ccccc4)c3Cl)n2)c(OC)c1. The number of benzene rings is 2. The van der Waals surface area contributed by atoms with Crippen molar-refractivity contribution >= 4 is 23.6 Å². The van der Waals surface area contributed by atoms with E-state index in [9.17, 15) is 4.79 Å². The van der Waals surface area contributed by atoms with Gasteiger partial charge in [-0.25, -0.2) is 9.48 Å². The van der Waals surface area contributed by atoms with Crippen LogP contribution in [-0.2, 0) is 22.7 Å². The van der Waals surface area contributed by atoms with Crippen LogP contribution in [0, 0.1) is 6.92 Å². The molecule has 180 valence electrons. The second kappa shape index (κ2) is 10.9. The Morgan fingerprint density at radius 1 is 1.14 bits per heavy atom. The fourth-order valence-electron chi connectivity index (χ4n) is 3.36. The minimum Gasteiger partial charge on any atom is -0.497 e. The summed E-state index contributed by atoms with van der Waals surface area (Å²) < 4.78 is 22.7. The Morgan fingerprint density at radius 3 is 2.69 bits per heavy atom. The zero-order chi connectivity index (χ0) is 24.8. The first-order chi connectivity index (χ1) is 17.0. The second-order valence-corrected chi connectivity index (χ2v) is 7.81. The van der Waals surface area contributed by atoms with E-state index in [-0.39, 0.29) is 12.5 Å². The van der Waals surface area contributed by atoms with Gasteiger partial charge in [-0.15, -0.1) is 0 Å². The topological polar surface area (TPSA) is 102 Å². The van der Waals surface area contributed by atoms with Crippen LogP contribution in [-0.4, -0.2) is 40.1 Å². The third kappa shape index (κ3) is 5.70. The molecule has 4 aromatic rings. The van der Waals surface area contributed by atoms with E-state index in [1.54, 1.807) is 36.1 Å². The highest BCUT2D eigenvalue weighted by Crippen LogP contribution is 2.31. The number of rotatable bonds is 9. The molecule has 0 radical (unpaired) electrons. The van der Waals surface area contributed by atoms with E-state index in [1.165, 1.54) is 13.2 Å². The van der Waals surface area contributed by atoms with Crippen LogP contribution >= 0.6 is 11.6 Å². The Kier molecular flexibility index (Phi) is 7.47. The standard InChI is InChI=1S/C25H23ClN4O5/c1-16-19(24(26)30(28-16)14-17-7-5-4-6-8-17)11-12-23(31)34-15-22-27-25(29-35-22)20-10-9-18(32-2)13-21(20)33-3/h4-13H,14-15H2,1-3H3/b12-11+. The predicted octanol–water partition coefficient (Wildman–Crippen LogP) is 4.72. The molecule has 2 aromatic heterocycles. The lowest BCUT2D eigenvalue weighted by atomic mass is 10.2. The lowest BCUT2D eigenvalue weighted by molar-refractivity contribution is -0.139. The molecule has 0 fully saturated rings. The van der Waals surface area contributed by atoms with Crippen molar-refractivity contribution in [3.05, 3.63) is 82.5 Å². The fourth-order valence-corrected chi connectivity index (χ4v) is 3.65. The molecule has 0 saturated carbocycles. The van der Waals surface area contributed by atoms with Crippen LogP contribution in [0.5, 0.6) is 11.5 Å². The highest BCUT2D eigenvalue weighted by Gasteiger charge is 2.16. The highest BCUT2D eigenvalue weighted by atomic mass is 35.5. The minimum absolute atomic E-state index is 0.143. The van der Waals surface area contributed by atoms with Crippen LogP contribution < -0.4 is 9.47 Å². The van der Waals surface area contributed by atoms with E-state index in [2.05, 4.69) is 15.2 Å². The maximum absolute atomic E-state index is 12.3. The molecule has 2 heterocycles. The molecule has 0 atom stereocenters. The maximum atomic E-state index is 12.3. The third-order valence-corrected chi connectivity index (χ3v) is 5.52. The average molecular weight is 495 g/mol. The number of aryl methyl sites for hydroxylation is 1. The molecule has 0 unspecified atom stereocenters. The van der Waals surface area contributed by atoms with Crippen molar-refractivity contribution in [1.82, 2.24) is 19.9 Å². The smallest absolute Gasteiger partial charge is 0.331 e. The van der Waals surface area contributed by atoms with E-state index in [4.69, 9.17) is 30.3 Å². The summed E-state index contributed by atoms with van der Waals surface area (Å²) in [5, 5.41) is 8.84. The van der Waals surface area contributed by atoms with Crippen LogP contribution in [0.2, 0.25) is 5.15 Å². The number of esters is 1. The van der Waals surface area contributed by atoms with Crippen LogP contribution in [0.3, 0.4) is 0 Å². The van der Waals surface area contributed by atoms with Gasteiger partial charge in [0.1, 0.15) is 16.7 Å². The van der Waals surface area contributed by atoms with Crippen molar-refractivity contribution < 1.29 is 23.5 Å². The number of hydrogen-bond donors (Lipinski definition) is 0. The summed E-state index contributed by atoms with van der Waals surface area (Å²) in [4.78, 5) is 16.5. The molecule has 0 saturated heterocycles. The molecule has 0 N–H and O–H groups in total. The molecule has 0 aliphatic heterocycles. The second-order valence-electron chi connectivity index (χ2n) is 7.45. The largest absolute Gasteiger partial charge is 0.497 e. The van der Waals surface area contributed by atoms with Crippen molar-refractivity contribution in [2.75, 3.05) is 14.2 Å². The van der Waals surface area contributed by atoms with Gasteiger partial charge in [0.05, 0.1) is 32.0 Å². The summed E-state index contributed by atoms with van der Waals surface area (Å²) in [7, 11) is 3.10. The Labute approximate surface area is 206 Å². The molecule has 0 spiro atoms. The summed E-state index contributed by atoms with van der Waals surface area (Å²) in [6.07, 6.45) is 2.86. The Bertz CT molecular complexity index is 1350. The van der Waals surface area contributed by atoms with Gasteiger partial charge in [0.25, 0.3) is 5.89 Å². The van der Waals surface area contributed by atoms with E-state index >= 15 is 0 Å². The van der Waals surface area contributed by atoms with Gasteiger partial charge < -0.3 is 18.7 Å². The van der Waals surface area contributed by atoms with Crippen molar-refractivity contribution in [3.8, 4) is 22.9 Å². The molecular formula is C25H23ClN4O5. The molecule has 9 nitrogen and oxygen atoms in total. The molecule has 10 heteroatoms. The van der Waals surface area contributed by atoms with E-state index in [0.717, 1.165) is 5.56 Å². The Hall–Kier alpha value is -4.11. The summed E-state index contributed by atoms with van der Waals surface area (Å²) >= 11 is 6.49. The molecule has 0 aliphatic carbocycles. The molecule has 0 bridgehead atoms. The van der Waals surface area contributed by atoms with Gasteiger partial charge in [-0.3, -0.25) is 0 Å². The maximum Gasteiger partial charge on any atom is 0.331 e. The molecule has 4 rings (SSSR count). The summed E-state index contributed by atoms with van der Waals surface area (Å²) in [6.45, 7) is 2.16. The van der Waals surface area contributed by atoms with Crippen molar-refractivity contribution in [3.63, 3.8) is 0 Å². The molecule has 2 aromatic carbocycles. The first-order valence-electron chi connectivity index (χ1n) is 10.6. The number of aromatic nitrogens is 4. The Morgan fingerprint density at radius 2 is 1.94 bits per heavy atom. The summed E-state index contributed by atoms with van der Waals surface area (Å²) in [6, 6.07) is 15.1. The minimum atomic E-state index is -0.585. The molecular weight excluding hydrogens is 472 g/mol. The lowest BCUT2D eigenvalue weighted by Gasteiger charge is -2.07. The number of carbonyl (C=O) groups excluding carboxylic acids is 1.